The van der Waals surface area contributed by atoms with Crippen molar-refractivity contribution in [2.24, 2.45) is 0 Å². The molecule has 0 aromatic heterocycles. The molecule has 18 heavy (non-hydrogen) atoms. The summed E-state index contributed by atoms with van der Waals surface area (Å²) in [5.41, 5.74) is -0.421. The Balaban J connectivity index is 1.81. The van der Waals surface area contributed by atoms with E-state index in [4.69, 9.17) is 14.2 Å². The number of rotatable bonds is 4. The lowest BCUT2D eigenvalue weighted by molar-refractivity contribution is -0.0146. The second-order valence-corrected chi connectivity index (χ2v) is 4.25. The van der Waals surface area contributed by atoms with Gasteiger partial charge in [-0.2, -0.15) is 0 Å². The quantitative estimate of drug-likeness (QED) is 0.882. The summed E-state index contributed by atoms with van der Waals surface area (Å²) in [5, 5.41) is 2.70. The van der Waals surface area contributed by atoms with Crippen LogP contribution in [0.2, 0.25) is 0 Å². The van der Waals surface area contributed by atoms with Gasteiger partial charge in [0.2, 0.25) is 0 Å². The van der Waals surface area contributed by atoms with Crippen LogP contribution in [0.1, 0.15) is 6.42 Å². The molecular weight excluding hydrogens is 234 g/mol. The third-order valence-electron chi connectivity index (χ3n) is 3.01. The van der Waals surface area contributed by atoms with Crippen LogP contribution in [0.25, 0.3) is 0 Å². The maximum atomic E-state index is 11.6. The van der Waals surface area contributed by atoms with Crippen LogP contribution in [0, 0.1) is 0 Å². The molecule has 1 aliphatic heterocycles. The zero-order valence-corrected chi connectivity index (χ0v) is 10.3. The van der Waals surface area contributed by atoms with Crippen molar-refractivity contribution in [2.45, 2.75) is 12.0 Å². The van der Waals surface area contributed by atoms with Crippen LogP contribution >= 0.6 is 0 Å². The molecule has 0 spiro atoms. The number of ether oxygens (including phenoxy) is 3. The molecule has 1 heterocycles. The third-order valence-corrected chi connectivity index (χ3v) is 3.01. The third kappa shape index (κ3) is 3.21. The number of benzene rings is 1. The van der Waals surface area contributed by atoms with Crippen LogP contribution in [0.4, 0.5) is 4.79 Å². The minimum absolute atomic E-state index is 0.384. The molecular formula is C13H17NO4. The molecule has 5 nitrogen and oxygen atoms in total. The first-order chi connectivity index (χ1) is 8.74. The molecule has 0 aliphatic carbocycles. The monoisotopic (exact) mass is 251 g/mol. The van der Waals surface area contributed by atoms with Crippen molar-refractivity contribution in [1.29, 1.82) is 0 Å². The Morgan fingerprint density at radius 1 is 1.44 bits per heavy atom. The molecule has 1 saturated heterocycles. The van der Waals surface area contributed by atoms with Crippen LogP contribution in [-0.4, -0.2) is 38.6 Å². The lowest BCUT2D eigenvalue weighted by atomic mass is 10.0. The van der Waals surface area contributed by atoms with Gasteiger partial charge in [-0.25, -0.2) is 4.79 Å². The minimum atomic E-state index is -0.482. The summed E-state index contributed by atoms with van der Waals surface area (Å²) in [4.78, 5) is 11.6. The summed E-state index contributed by atoms with van der Waals surface area (Å²) < 4.78 is 15.8. The molecule has 1 unspecified atom stereocenters. The molecule has 1 amide bonds. The van der Waals surface area contributed by atoms with Crippen LogP contribution in [0.15, 0.2) is 30.3 Å². The normalized spacial score (nSPS) is 22.7. The molecule has 1 aromatic rings. The summed E-state index contributed by atoms with van der Waals surface area (Å²) >= 11 is 0. The molecule has 0 saturated carbocycles. The highest BCUT2D eigenvalue weighted by Gasteiger charge is 2.35. The molecule has 5 heteroatoms. The number of amides is 1. The molecule has 0 bridgehead atoms. The van der Waals surface area contributed by atoms with Gasteiger partial charge in [0, 0.05) is 20.1 Å². The number of hydrogen-bond acceptors (Lipinski definition) is 4. The second kappa shape index (κ2) is 5.84. The summed E-state index contributed by atoms with van der Waals surface area (Å²) in [5.74, 6) is 0.518. The number of carbonyl (C=O) groups excluding carboxylic acids is 1. The Bertz CT molecular complexity index is 387. The summed E-state index contributed by atoms with van der Waals surface area (Å²) in [7, 11) is 1.62. The van der Waals surface area contributed by atoms with Crippen LogP contribution in [0.5, 0.6) is 5.75 Å². The Morgan fingerprint density at radius 3 is 2.83 bits per heavy atom. The average Bonchev–Trinajstić information content (AvgIpc) is 2.87. The zero-order valence-electron chi connectivity index (χ0n) is 10.3. The molecule has 1 fully saturated rings. The zero-order chi connectivity index (χ0) is 12.8. The van der Waals surface area contributed by atoms with E-state index in [1.54, 1.807) is 19.2 Å². The Hall–Kier alpha value is -1.59. The van der Waals surface area contributed by atoms with Crippen molar-refractivity contribution in [2.75, 3.05) is 26.9 Å². The maximum absolute atomic E-state index is 11.6. The lowest BCUT2D eigenvalue weighted by Gasteiger charge is -2.25. The summed E-state index contributed by atoms with van der Waals surface area (Å²) in [6.45, 7) is 1.54. The molecule has 0 radical (unpaired) electrons. The number of nitrogens with one attached hydrogen (secondary N) is 1. The van der Waals surface area contributed by atoms with E-state index in [1.807, 2.05) is 18.2 Å². The SMILES string of the molecule is COC1(CNC(=O)Oc2ccccc2)CCOC1. The van der Waals surface area contributed by atoms with Crippen molar-refractivity contribution >= 4 is 6.09 Å². The first-order valence-corrected chi connectivity index (χ1v) is 5.88. The van der Waals surface area contributed by atoms with Crippen molar-refractivity contribution in [1.82, 2.24) is 5.32 Å². The smallest absolute Gasteiger partial charge is 0.410 e. The van der Waals surface area contributed by atoms with E-state index in [2.05, 4.69) is 5.32 Å². The minimum Gasteiger partial charge on any atom is -0.410 e. The lowest BCUT2D eigenvalue weighted by Crippen LogP contribution is -2.45. The van der Waals surface area contributed by atoms with Gasteiger partial charge in [-0.1, -0.05) is 18.2 Å². The summed E-state index contributed by atoms with van der Waals surface area (Å²) in [6, 6.07) is 8.93. The van der Waals surface area contributed by atoms with E-state index >= 15 is 0 Å². The number of methoxy groups -OCH3 is 1. The largest absolute Gasteiger partial charge is 0.412 e. The fourth-order valence-corrected chi connectivity index (χ4v) is 1.83. The van der Waals surface area contributed by atoms with Crippen molar-refractivity contribution in [3.05, 3.63) is 30.3 Å². The number of para-hydroxylation sites is 1. The first-order valence-electron chi connectivity index (χ1n) is 5.88. The van der Waals surface area contributed by atoms with Gasteiger partial charge in [0.15, 0.2) is 0 Å². The van der Waals surface area contributed by atoms with Crippen LogP contribution in [0.3, 0.4) is 0 Å². The first kappa shape index (κ1) is 12.9. The molecule has 2 rings (SSSR count). The van der Waals surface area contributed by atoms with Crippen molar-refractivity contribution < 1.29 is 19.0 Å². The average molecular weight is 251 g/mol. The Kier molecular flexibility index (Phi) is 4.17. The topological polar surface area (TPSA) is 56.8 Å². The van der Waals surface area contributed by atoms with Gasteiger partial charge in [0.05, 0.1) is 13.2 Å². The highest BCUT2D eigenvalue weighted by atomic mass is 16.6. The fraction of sp³-hybridized carbons (Fsp3) is 0.462. The molecule has 1 aliphatic rings. The molecule has 1 atom stereocenters. The van der Waals surface area contributed by atoms with Crippen LogP contribution in [-0.2, 0) is 9.47 Å². The van der Waals surface area contributed by atoms with Gasteiger partial charge in [0.25, 0.3) is 0 Å². The second-order valence-electron chi connectivity index (χ2n) is 4.25. The van der Waals surface area contributed by atoms with E-state index in [9.17, 15) is 4.79 Å². The number of carbonyl (C=O) groups is 1. The van der Waals surface area contributed by atoms with Crippen LogP contribution < -0.4 is 10.1 Å². The molecule has 1 aromatic carbocycles. The van der Waals surface area contributed by atoms with Gasteiger partial charge >= 0.3 is 6.09 Å². The number of hydrogen-bond donors (Lipinski definition) is 1. The van der Waals surface area contributed by atoms with E-state index in [-0.39, 0.29) is 0 Å². The maximum Gasteiger partial charge on any atom is 0.412 e. The highest BCUT2D eigenvalue weighted by molar-refractivity contribution is 5.70. The van der Waals surface area contributed by atoms with Gasteiger partial charge in [-0.3, -0.25) is 0 Å². The Morgan fingerprint density at radius 2 is 2.22 bits per heavy atom. The van der Waals surface area contributed by atoms with Gasteiger partial charge in [-0.05, 0) is 12.1 Å². The predicted octanol–water partition coefficient (Wildman–Crippen LogP) is 1.58. The fourth-order valence-electron chi connectivity index (χ4n) is 1.83. The Labute approximate surface area is 106 Å². The van der Waals surface area contributed by atoms with E-state index < -0.39 is 11.7 Å². The van der Waals surface area contributed by atoms with Gasteiger partial charge in [0.1, 0.15) is 11.4 Å². The van der Waals surface area contributed by atoms with Crippen molar-refractivity contribution in [3.63, 3.8) is 0 Å². The van der Waals surface area contributed by atoms with E-state index in [0.29, 0.717) is 25.5 Å². The molecule has 1 N–H and O–H groups in total. The van der Waals surface area contributed by atoms with Crippen molar-refractivity contribution in [3.8, 4) is 5.75 Å². The van der Waals surface area contributed by atoms with E-state index in [0.717, 1.165) is 6.42 Å². The van der Waals surface area contributed by atoms with Gasteiger partial charge in [-0.15, -0.1) is 0 Å². The van der Waals surface area contributed by atoms with Gasteiger partial charge < -0.3 is 19.5 Å². The molecule has 98 valence electrons. The predicted molar refractivity (Wildman–Crippen MR) is 65.6 cm³/mol. The highest BCUT2D eigenvalue weighted by Crippen LogP contribution is 2.21. The van der Waals surface area contributed by atoms with E-state index in [1.165, 1.54) is 0 Å². The standard InChI is InChI=1S/C13H17NO4/c1-16-13(7-8-17-10-13)9-14-12(15)18-11-5-3-2-4-6-11/h2-6H,7-10H2,1H3,(H,14,15). The summed E-state index contributed by atoms with van der Waals surface area (Å²) in [6.07, 6.45) is 0.291.